The van der Waals surface area contributed by atoms with Crippen LogP contribution < -0.4 is 11.2 Å². The van der Waals surface area contributed by atoms with E-state index in [-0.39, 0.29) is 5.56 Å². The number of methoxy groups -OCH3 is 1. The van der Waals surface area contributed by atoms with Gasteiger partial charge in [0.25, 0.3) is 5.56 Å². The van der Waals surface area contributed by atoms with E-state index >= 15 is 0 Å². The Morgan fingerprint density at radius 1 is 1.15 bits per heavy atom. The Balaban J connectivity index is 2.16. The lowest BCUT2D eigenvalue weighted by Crippen LogP contribution is -2.37. The summed E-state index contributed by atoms with van der Waals surface area (Å²) in [6.07, 6.45) is 1.68. The molecule has 0 aliphatic rings. The molecule has 2 aromatic heterocycles. The molecule has 2 heterocycles. The molecule has 0 fully saturated rings. The van der Waals surface area contributed by atoms with E-state index in [1.165, 1.54) is 11.6 Å². The van der Waals surface area contributed by atoms with Gasteiger partial charge >= 0.3 is 5.69 Å². The lowest BCUT2D eigenvalue weighted by atomic mass is 10.2. The standard InChI is InChI=1S/C18H18BrN3O3S/c1-21-16-14(17(23)22(2)18(21)24)15(12(8-20-16)9-25-3)26-10-11-4-6-13(19)7-5-11/h4-8H,9-10H2,1-3H3. The second-order valence-electron chi connectivity index (χ2n) is 5.87. The van der Waals surface area contributed by atoms with Crippen LogP contribution in [0.2, 0.25) is 0 Å². The van der Waals surface area contributed by atoms with Gasteiger partial charge in [-0.05, 0) is 17.7 Å². The first-order chi connectivity index (χ1) is 12.4. The molecule has 0 bridgehead atoms. The lowest BCUT2D eigenvalue weighted by Gasteiger charge is -2.14. The highest BCUT2D eigenvalue weighted by Crippen LogP contribution is 2.31. The van der Waals surface area contributed by atoms with Crippen LogP contribution in [0.25, 0.3) is 11.0 Å². The van der Waals surface area contributed by atoms with Crippen LogP contribution in [0.4, 0.5) is 0 Å². The number of halogens is 1. The third-order valence-corrected chi connectivity index (χ3v) is 5.85. The van der Waals surface area contributed by atoms with E-state index in [9.17, 15) is 9.59 Å². The van der Waals surface area contributed by atoms with Gasteiger partial charge in [-0.1, -0.05) is 28.1 Å². The van der Waals surface area contributed by atoms with Crippen molar-refractivity contribution in [2.45, 2.75) is 17.3 Å². The first-order valence-electron chi connectivity index (χ1n) is 7.87. The Labute approximate surface area is 163 Å². The molecule has 8 heteroatoms. The Hall–Kier alpha value is -1.90. The number of pyridine rings is 1. The zero-order valence-corrected chi connectivity index (χ0v) is 17.1. The number of ether oxygens (including phenoxy) is 1. The van der Waals surface area contributed by atoms with E-state index in [0.717, 1.165) is 25.1 Å². The van der Waals surface area contributed by atoms with Crippen molar-refractivity contribution in [1.82, 2.24) is 14.1 Å². The fraction of sp³-hybridized carbons (Fsp3) is 0.278. The molecule has 6 nitrogen and oxygen atoms in total. The molecular formula is C18H18BrN3O3S. The van der Waals surface area contributed by atoms with Gasteiger partial charge in [0, 0.05) is 48.1 Å². The molecule has 0 amide bonds. The Kier molecular flexibility index (Phi) is 5.64. The van der Waals surface area contributed by atoms with Crippen LogP contribution in [-0.2, 0) is 31.2 Å². The molecular weight excluding hydrogens is 418 g/mol. The Bertz CT molecular complexity index is 1070. The topological polar surface area (TPSA) is 66.1 Å². The number of rotatable bonds is 5. The molecule has 0 spiro atoms. The number of aryl methyl sites for hydroxylation is 1. The van der Waals surface area contributed by atoms with E-state index in [0.29, 0.717) is 23.4 Å². The van der Waals surface area contributed by atoms with Crippen LogP contribution in [-0.4, -0.2) is 21.2 Å². The van der Waals surface area contributed by atoms with E-state index in [1.807, 2.05) is 24.3 Å². The van der Waals surface area contributed by atoms with Gasteiger partial charge in [-0.15, -0.1) is 11.8 Å². The van der Waals surface area contributed by atoms with Crippen LogP contribution in [0.15, 0.2) is 49.4 Å². The predicted octanol–water partition coefficient (Wildman–Crippen LogP) is 2.83. The van der Waals surface area contributed by atoms with Crippen molar-refractivity contribution >= 4 is 38.7 Å². The summed E-state index contributed by atoms with van der Waals surface area (Å²) < 4.78 is 8.81. The third kappa shape index (κ3) is 3.49. The number of hydrogen-bond donors (Lipinski definition) is 0. The summed E-state index contributed by atoms with van der Waals surface area (Å²) in [5.74, 6) is 0.690. The summed E-state index contributed by atoms with van der Waals surface area (Å²) in [6, 6.07) is 8.04. The normalized spacial score (nSPS) is 11.2. The molecule has 0 saturated carbocycles. The van der Waals surface area contributed by atoms with E-state index in [1.54, 1.807) is 32.1 Å². The minimum atomic E-state index is -0.390. The zero-order chi connectivity index (χ0) is 18.8. The van der Waals surface area contributed by atoms with E-state index in [2.05, 4.69) is 20.9 Å². The monoisotopic (exact) mass is 435 g/mol. The minimum absolute atomic E-state index is 0.341. The van der Waals surface area contributed by atoms with Crippen molar-refractivity contribution < 1.29 is 4.74 Å². The quantitative estimate of drug-likeness (QED) is 0.576. The van der Waals surface area contributed by atoms with Gasteiger partial charge in [-0.2, -0.15) is 0 Å². The summed E-state index contributed by atoms with van der Waals surface area (Å²) in [7, 11) is 4.71. The smallest absolute Gasteiger partial charge is 0.332 e. The van der Waals surface area contributed by atoms with Gasteiger partial charge < -0.3 is 4.74 Å². The van der Waals surface area contributed by atoms with Gasteiger partial charge in [0.05, 0.1) is 12.0 Å². The largest absolute Gasteiger partial charge is 0.380 e. The number of thioether (sulfide) groups is 1. The molecule has 136 valence electrons. The van der Waals surface area contributed by atoms with E-state index < -0.39 is 5.69 Å². The van der Waals surface area contributed by atoms with Crippen molar-refractivity contribution in [2.24, 2.45) is 14.1 Å². The fourth-order valence-electron chi connectivity index (χ4n) is 2.70. The van der Waals surface area contributed by atoms with Gasteiger partial charge in [-0.25, -0.2) is 9.78 Å². The van der Waals surface area contributed by atoms with Crippen molar-refractivity contribution in [1.29, 1.82) is 0 Å². The van der Waals surface area contributed by atoms with Gasteiger partial charge in [-0.3, -0.25) is 13.9 Å². The van der Waals surface area contributed by atoms with Crippen molar-refractivity contribution in [3.8, 4) is 0 Å². The maximum absolute atomic E-state index is 12.8. The van der Waals surface area contributed by atoms with E-state index in [4.69, 9.17) is 4.74 Å². The predicted molar refractivity (Wildman–Crippen MR) is 107 cm³/mol. The molecule has 0 saturated heterocycles. The number of fused-ring (bicyclic) bond motifs is 1. The minimum Gasteiger partial charge on any atom is -0.380 e. The molecule has 0 aliphatic carbocycles. The molecule has 0 atom stereocenters. The average Bonchev–Trinajstić information content (AvgIpc) is 2.64. The maximum atomic E-state index is 12.8. The van der Waals surface area contributed by atoms with Crippen molar-refractivity contribution in [3.63, 3.8) is 0 Å². The summed E-state index contributed by atoms with van der Waals surface area (Å²) in [5, 5.41) is 0.450. The number of benzene rings is 1. The second kappa shape index (κ2) is 7.77. The highest BCUT2D eigenvalue weighted by Gasteiger charge is 2.17. The number of nitrogens with zero attached hydrogens (tertiary/aromatic N) is 3. The van der Waals surface area contributed by atoms with Gasteiger partial charge in [0.1, 0.15) is 5.65 Å². The number of hydrogen-bond acceptors (Lipinski definition) is 5. The second-order valence-corrected chi connectivity index (χ2v) is 7.77. The zero-order valence-electron chi connectivity index (χ0n) is 14.7. The van der Waals surface area contributed by atoms with Gasteiger partial charge in [0.15, 0.2) is 0 Å². The van der Waals surface area contributed by atoms with Gasteiger partial charge in [0.2, 0.25) is 0 Å². The summed E-state index contributed by atoms with van der Waals surface area (Å²) in [4.78, 5) is 30.1. The molecule has 3 rings (SSSR count). The van der Waals surface area contributed by atoms with Crippen molar-refractivity contribution in [2.75, 3.05) is 7.11 Å². The third-order valence-electron chi connectivity index (χ3n) is 4.09. The highest BCUT2D eigenvalue weighted by molar-refractivity contribution is 9.10. The SMILES string of the molecule is COCc1cnc2c(c1SCc1ccc(Br)cc1)c(=O)n(C)c(=O)n2C. The van der Waals surface area contributed by atoms with Crippen LogP contribution in [0.3, 0.4) is 0 Å². The Morgan fingerprint density at radius 2 is 1.85 bits per heavy atom. The molecule has 0 N–H and O–H groups in total. The summed E-state index contributed by atoms with van der Waals surface area (Å²) >= 11 is 4.98. The number of aromatic nitrogens is 3. The molecule has 1 aromatic carbocycles. The lowest BCUT2D eigenvalue weighted by molar-refractivity contribution is 0.183. The van der Waals surface area contributed by atoms with Crippen LogP contribution >= 0.6 is 27.7 Å². The van der Waals surface area contributed by atoms with Crippen LogP contribution in [0, 0.1) is 0 Å². The molecule has 0 aliphatic heterocycles. The average molecular weight is 436 g/mol. The van der Waals surface area contributed by atoms with Crippen LogP contribution in [0.1, 0.15) is 11.1 Å². The fourth-order valence-corrected chi connectivity index (χ4v) is 4.09. The maximum Gasteiger partial charge on any atom is 0.332 e. The molecule has 3 aromatic rings. The summed E-state index contributed by atoms with van der Waals surface area (Å²) in [6.45, 7) is 0.345. The molecule has 0 unspecified atom stereocenters. The highest BCUT2D eigenvalue weighted by atomic mass is 79.9. The van der Waals surface area contributed by atoms with Crippen LogP contribution in [0.5, 0.6) is 0 Å². The summed E-state index contributed by atoms with van der Waals surface area (Å²) in [5.41, 5.74) is 1.62. The first kappa shape index (κ1) is 18.9. The molecule has 0 radical (unpaired) electrons. The van der Waals surface area contributed by atoms with Crippen molar-refractivity contribution in [3.05, 3.63) is 66.9 Å². The molecule has 26 heavy (non-hydrogen) atoms. The Morgan fingerprint density at radius 3 is 2.50 bits per heavy atom. The first-order valence-corrected chi connectivity index (χ1v) is 9.65.